The molecule has 0 unspecified atom stereocenters. The maximum Gasteiger partial charge on any atom is 0.0616 e. The molecule has 0 fully saturated rings. The topological polar surface area (TPSA) is 25.8 Å². The van der Waals surface area contributed by atoms with Crippen LogP contribution in [0, 0.1) is 32.9 Å². The van der Waals surface area contributed by atoms with Crippen molar-refractivity contribution in [1.82, 2.24) is 9.97 Å². The molecule has 1 radical (unpaired) electrons. The van der Waals surface area contributed by atoms with Gasteiger partial charge in [-0.05, 0) is 48.8 Å². The molecular weight excluding hydrogens is 641 g/mol. The molecule has 5 aromatic rings. The normalized spacial score (nSPS) is 11.9. The zero-order valence-electron chi connectivity index (χ0n) is 24.4. The molecule has 1 aliphatic rings. The van der Waals surface area contributed by atoms with E-state index in [0.29, 0.717) is 11.6 Å². The minimum absolute atomic E-state index is 0. The number of aromatic nitrogens is 2. The Hall–Kier alpha value is -3.39. The first-order valence-electron chi connectivity index (χ1n) is 13.7. The van der Waals surface area contributed by atoms with Gasteiger partial charge in [0.25, 0.3) is 0 Å². The molecular formula is C35H32IrN2-2. The third kappa shape index (κ3) is 5.85. The average Bonchev–Trinajstić information content (AvgIpc) is 3.31. The molecule has 2 heterocycles. The summed E-state index contributed by atoms with van der Waals surface area (Å²) in [5.41, 5.74) is 13.4. The largest absolute Gasteiger partial charge is 0.305 e. The van der Waals surface area contributed by atoms with Crippen LogP contribution in [-0.4, -0.2) is 9.97 Å². The summed E-state index contributed by atoms with van der Waals surface area (Å²) in [5, 5.41) is 0. The van der Waals surface area contributed by atoms with Gasteiger partial charge < -0.3 is 9.97 Å². The Morgan fingerprint density at radius 3 is 2.42 bits per heavy atom. The van der Waals surface area contributed by atoms with Gasteiger partial charge in [0.1, 0.15) is 0 Å². The van der Waals surface area contributed by atoms with E-state index in [1.54, 1.807) is 12.3 Å². The third-order valence-corrected chi connectivity index (χ3v) is 6.96. The minimum Gasteiger partial charge on any atom is -0.305 e. The molecule has 6 rings (SSSR count). The molecule has 1 aliphatic carbocycles. The van der Waals surface area contributed by atoms with E-state index in [4.69, 9.17) is 2.74 Å². The summed E-state index contributed by atoms with van der Waals surface area (Å²) in [5.74, 6) is 0.549. The van der Waals surface area contributed by atoms with Crippen molar-refractivity contribution in [1.29, 1.82) is 0 Å². The number of fused-ring (bicyclic) bond motifs is 3. The number of rotatable bonds is 3. The predicted octanol–water partition coefficient (Wildman–Crippen LogP) is 8.71. The van der Waals surface area contributed by atoms with Crippen molar-refractivity contribution < 1.29 is 22.8 Å². The van der Waals surface area contributed by atoms with Gasteiger partial charge in [0.15, 0.2) is 0 Å². The predicted molar refractivity (Wildman–Crippen MR) is 154 cm³/mol. The number of benzene rings is 3. The molecule has 0 amide bonds. The SMILES string of the molecule is Cc1cnc(-c2[c-]cc(C(C)C)cc2)cc1C.[2H]c1ccnc(-c2[c-]c3c(c(C)c2)-c2ccccc2C3)c1[2H].[Ir]. The number of aryl methyl sites for hydroxylation is 3. The van der Waals surface area contributed by atoms with E-state index < -0.39 is 0 Å². The van der Waals surface area contributed by atoms with Crippen LogP contribution >= 0.6 is 0 Å². The summed E-state index contributed by atoms with van der Waals surface area (Å²) in [4.78, 5) is 8.74. The molecule has 0 bridgehead atoms. The van der Waals surface area contributed by atoms with Crippen molar-refractivity contribution in [2.45, 2.75) is 47.0 Å². The zero-order chi connectivity index (χ0) is 27.7. The zero-order valence-corrected chi connectivity index (χ0v) is 24.8. The fourth-order valence-electron chi connectivity index (χ4n) is 4.69. The molecule has 0 spiro atoms. The fraction of sp³-hybridized carbons (Fsp3) is 0.200. The van der Waals surface area contributed by atoms with Gasteiger partial charge in [-0.15, -0.1) is 64.2 Å². The van der Waals surface area contributed by atoms with E-state index >= 15 is 0 Å². The van der Waals surface area contributed by atoms with E-state index in [2.05, 4.69) is 105 Å². The molecule has 193 valence electrons. The van der Waals surface area contributed by atoms with Gasteiger partial charge in [-0.2, -0.15) is 0 Å². The number of pyridine rings is 2. The van der Waals surface area contributed by atoms with Gasteiger partial charge in [0, 0.05) is 32.5 Å². The maximum absolute atomic E-state index is 8.06. The van der Waals surface area contributed by atoms with Crippen LogP contribution in [0.25, 0.3) is 33.6 Å². The van der Waals surface area contributed by atoms with Crippen LogP contribution in [0.4, 0.5) is 0 Å². The van der Waals surface area contributed by atoms with Crippen molar-refractivity contribution in [3.05, 3.63) is 131 Å². The Kier molecular flexibility index (Phi) is 7.86. The Morgan fingerprint density at radius 1 is 0.868 bits per heavy atom. The quantitative estimate of drug-likeness (QED) is 0.176. The first-order chi connectivity index (χ1) is 18.7. The van der Waals surface area contributed by atoms with Crippen molar-refractivity contribution >= 4 is 0 Å². The molecule has 0 aliphatic heterocycles. The van der Waals surface area contributed by atoms with E-state index in [9.17, 15) is 0 Å². The van der Waals surface area contributed by atoms with Gasteiger partial charge >= 0.3 is 0 Å². The van der Waals surface area contributed by atoms with Crippen LogP contribution in [0.15, 0.2) is 85.1 Å². The molecule has 3 aromatic carbocycles. The molecule has 0 N–H and O–H groups in total. The monoisotopic (exact) mass is 675 g/mol. The molecule has 0 atom stereocenters. The molecule has 3 heteroatoms. The molecule has 2 nitrogen and oxygen atoms in total. The molecule has 2 aromatic heterocycles. The number of hydrogen-bond donors (Lipinski definition) is 0. The second kappa shape index (κ2) is 12.0. The molecule has 0 saturated carbocycles. The summed E-state index contributed by atoms with van der Waals surface area (Å²) in [6.45, 7) is 10.7. The Morgan fingerprint density at radius 2 is 1.68 bits per heavy atom. The van der Waals surface area contributed by atoms with Gasteiger partial charge in [-0.3, -0.25) is 0 Å². The van der Waals surface area contributed by atoms with Gasteiger partial charge in [0.2, 0.25) is 0 Å². The number of nitrogens with zero attached hydrogens (tertiary/aromatic N) is 2. The summed E-state index contributed by atoms with van der Waals surface area (Å²) >= 11 is 0. The second-order valence-electron chi connectivity index (χ2n) is 9.96. The van der Waals surface area contributed by atoms with Crippen molar-refractivity contribution in [2.75, 3.05) is 0 Å². The van der Waals surface area contributed by atoms with Crippen molar-refractivity contribution in [2.24, 2.45) is 0 Å². The van der Waals surface area contributed by atoms with E-state index in [0.717, 1.165) is 28.8 Å². The molecule has 0 saturated heterocycles. The first-order valence-corrected chi connectivity index (χ1v) is 12.7. The van der Waals surface area contributed by atoms with Crippen LogP contribution in [0.2, 0.25) is 0 Å². The minimum atomic E-state index is 0. The summed E-state index contributed by atoms with van der Waals surface area (Å²) in [6.07, 6.45) is 4.38. The summed E-state index contributed by atoms with van der Waals surface area (Å²) in [6, 6.07) is 27.6. The smallest absolute Gasteiger partial charge is 0.0616 e. The Bertz CT molecular complexity index is 1660. The van der Waals surface area contributed by atoms with Crippen LogP contribution in [0.5, 0.6) is 0 Å². The summed E-state index contributed by atoms with van der Waals surface area (Å²) in [7, 11) is 0. The first kappa shape index (κ1) is 24.9. The molecule has 38 heavy (non-hydrogen) atoms. The summed E-state index contributed by atoms with van der Waals surface area (Å²) < 4.78 is 15.8. The van der Waals surface area contributed by atoms with Crippen LogP contribution in [0.3, 0.4) is 0 Å². The van der Waals surface area contributed by atoms with E-state index in [-0.39, 0.29) is 32.2 Å². The van der Waals surface area contributed by atoms with Crippen LogP contribution < -0.4 is 0 Å². The third-order valence-electron chi connectivity index (χ3n) is 6.96. The van der Waals surface area contributed by atoms with E-state index in [1.165, 1.54) is 38.9 Å². The van der Waals surface area contributed by atoms with Crippen molar-refractivity contribution in [3.63, 3.8) is 0 Å². The Labute approximate surface area is 243 Å². The Balaban J connectivity index is 0.000000187. The fourth-order valence-corrected chi connectivity index (χ4v) is 4.69. The van der Waals surface area contributed by atoms with Gasteiger partial charge in [0.05, 0.1) is 2.74 Å². The van der Waals surface area contributed by atoms with Crippen molar-refractivity contribution in [3.8, 4) is 33.6 Å². The van der Waals surface area contributed by atoms with Crippen LogP contribution in [0.1, 0.15) is 55.9 Å². The maximum atomic E-state index is 8.06. The number of hydrogen-bond acceptors (Lipinski definition) is 2. The van der Waals surface area contributed by atoms with Gasteiger partial charge in [-0.25, -0.2) is 0 Å². The standard InChI is InChI=1S/C19H14N.C16H18N.Ir/c1-13-10-15(18-8-4-5-9-20-18)12-16-11-14-6-2-3-7-17(14)19(13)16;1-11(2)14-5-7-15(8-6-14)16-9-12(3)13(4)10-17-16;/h2-10H,11H2,1H3;5-7,9-11H,1-4H3;/q2*-1;/i4D,8D;;. The van der Waals surface area contributed by atoms with E-state index in [1.807, 2.05) is 12.3 Å². The average molecular weight is 675 g/mol. The second-order valence-corrected chi connectivity index (χ2v) is 9.96. The van der Waals surface area contributed by atoms with Crippen LogP contribution in [-0.2, 0) is 26.5 Å². The van der Waals surface area contributed by atoms with Gasteiger partial charge in [-0.1, -0.05) is 85.8 Å².